The fraction of sp³-hybridized carbons (Fsp3) is 0.636. The van der Waals surface area contributed by atoms with Gasteiger partial charge in [-0.1, -0.05) is 12.1 Å². The molecule has 144 valence electrons. The van der Waals surface area contributed by atoms with Gasteiger partial charge in [0.05, 0.1) is 12.0 Å². The van der Waals surface area contributed by atoms with Crippen molar-refractivity contribution >= 4 is 11.7 Å². The third kappa shape index (κ3) is 2.62. The Morgan fingerprint density at radius 1 is 1.19 bits per heavy atom. The lowest BCUT2D eigenvalue weighted by Gasteiger charge is -2.39. The molecule has 1 amide bonds. The van der Waals surface area contributed by atoms with E-state index in [1.807, 2.05) is 29.2 Å². The average Bonchev–Trinajstić information content (AvgIpc) is 3.32. The topological polar surface area (TPSA) is 49.9 Å². The van der Waals surface area contributed by atoms with Crippen molar-refractivity contribution < 1.29 is 14.3 Å². The third-order valence-electron chi connectivity index (χ3n) is 7.28. The minimum absolute atomic E-state index is 0.0578. The van der Waals surface area contributed by atoms with Gasteiger partial charge >= 0.3 is 0 Å². The Hall–Kier alpha value is -1.88. The van der Waals surface area contributed by atoms with Crippen LogP contribution in [0.1, 0.15) is 43.5 Å². The number of carbonyl (C=O) groups is 2. The van der Waals surface area contributed by atoms with E-state index >= 15 is 0 Å². The van der Waals surface area contributed by atoms with Crippen molar-refractivity contribution in [1.29, 1.82) is 0 Å². The lowest BCUT2D eigenvalue weighted by Crippen LogP contribution is -2.52. The molecule has 4 atom stereocenters. The second-order valence-corrected chi connectivity index (χ2v) is 8.97. The highest BCUT2D eigenvalue weighted by Gasteiger charge is 2.71. The monoisotopic (exact) mass is 368 g/mol. The van der Waals surface area contributed by atoms with Gasteiger partial charge in [0.1, 0.15) is 11.4 Å². The van der Waals surface area contributed by atoms with Crippen LogP contribution in [0, 0.1) is 17.8 Å². The molecule has 3 fully saturated rings. The molecule has 0 N–H and O–H groups in total. The van der Waals surface area contributed by atoms with Crippen LogP contribution in [0.4, 0.5) is 0 Å². The molecule has 1 saturated heterocycles. The summed E-state index contributed by atoms with van der Waals surface area (Å²) in [7, 11) is 0. The van der Waals surface area contributed by atoms with Crippen molar-refractivity contribution in [2.24, 2.45) is 17.8 Å². The minimum atomic E-state index is -0.448. The number of ketones is 1. The Bertz CT molecular complexity index is 784. The number of carbonyl (C=O) groups excluding carboxylic acids is 2. The van der Waals surface area contributed by atoms with Crippen LogP contribution in [0.5, 0.6) is 5.75 Å². The highest BCUT2D eigenvalue weighted by Crippen LogP contribution is 2.66. The zero-order valence-electron chi connectivity index (χ0n) is 16.2. The van der Waals surface area contributed by atoms with Crippen LogP contribution < -0.4 is 4.74 Å². The first-order valence-corrected chi connectivity index (χ1v) is 10.3. The summed E-state index contributed by atoms with van der Waals surface area (Å²) in [5.41, 5.74) is 0.246. The van der Waals surface area contributed by atoms with E-state index in [9.17, 15) is 9.59 Å². The first-order valence-electron chi connectivity index (χ1n) is 10.3. The summed E-state index contributed by atoms with van der Waals surface area (Å²) >= 11 is 0. The van der Waals surface area contributed by atoms with Crippen LogP contribution >= 0.6 is 0 Å². The largest absolute Gasteiger partial charge is 0.486 e. The summed E-state index contributed by atoms with van der Waals surface area (Å²) in [6.45, 7) is 7.98. The second kappa shape index (κ2) is 6.06. The Morgan fingerprint density at radius 2 is 1.93 bits per heavy atom. The number of benzene rings is 1. The standard InChI is InChI=1S/C22H28N2O3/c1-14(2)23-9-11-24(12-10-23)21(26)19-16-7-8-22(20(16)19)13-17(25)15-5-3-4-6-18(15)27-22/h3-6,14,16,19-20H,7-13H2,1-2H3/t16-,19+,20+,22+/m0/s1. The summed E-state index contributed by atoms with van der Waals surface area (Å²) in [6.07, 6.45) is 2.33. The van der Waals surface area contributed by atoms with Crippen molar-refractivity contribution in [2.45, 2.75) is 44.8 Å². The molecular weight excluding hydrogens is 340 g/mol. The molecule has 5 nitrogen and oxygen atoms in total. The number of Topliss-reactive ketones (excluding diaryl/α,β-unsaturated/α-hetero) is 1. The molecule has 27 heavy (non-hydrogen) atoms. The first-order chi connectivity index (χ1) is 13.0. The van der Waals surface area contributed by atoms with E-state index in [1.54, 1.807) is 0 Å². The lowest BCUT2D eigenvalue weighted by atomic mass is 9.84. The summed E-state index contributed by atoms with van der Waals surface area (Å²) in [4.78, 5) is 30.4. The van der Waals surface area contributed by atoms with Crippen LogP contribution in [-0.2, 0) is 4.79 Å². The Kier molecular flexibility index (Phi) is 3.87. The molecule has 0 aromatic heterocycles. The molecule has 4 aliphatic rings. The van der Waals surface area contributed by atoms with Crippen molar-refractivity contribution in [3.8, 4) is 5.75 Å². The van der Waals surface area contributed by atoms with Crippen molar-refractivity contribution in [1.82, 2.24) is 9.80 Å². The molecule has 2 heterocycles. The van der Waals surface area contributed by atoms with E-state index < -0.39 is 5.60 Å². The number of para-hydroxylation sites is 1. The molecule has 2 aliphatic carbocycles. The van der Waals surface area contributed by atoms with Crippen molar-refractivity contribution in [3.63, 3.8) is 0 Å². The van der Waals surface area contributed by atoms with E-state index in [1.165, 1.54) is 0 Å². The van der Waals surface area contributed by atoms with Crippen LogP contribution in [0.25, 0.3) is 0 Å². The number of hydrogen-bond donors (Lipinski definition) is 0. The predicted octanol–water partition coefficient (Wildman–Crippen LogP) is 2.60. The number of nitrogens with zero attached hydrogens (tertiary/aromatic N) is 2. The van der Waals surface area contributed by atoms with Crippen molar-refractivity contribution in [3.05, 3.63) is 29.8 Å². The highest BCUT2D eigenvalue weighted by molar-refractivity contribution is 6.00. The van der Waals surface area contributed by atoms with Gasteiger partial charge in [-0.25, -0.2) is 0 Å². The molecule has 0 bridgehead atoms. The molecule has 0 unspecified atom stereocenters. The lowest BCUT2D eigenvalue weighted by molar-refractivity contribution is -0.136. The molecule has 1 spiro atoms. The van der Waals surface area contributed by atoms with Gasteiger partial charge in [-0.15, -0.1) is 0 Å². The summed E-state index contributed by atoms with van der Waals surface area (Å²) < 4.78 is 6.42. The van der Waals surface area contributed by atoms with E-state index in [0.29, 0.717) is 35.6 Å². The van der Waals surface area contributed by atoms with Gasteiger partial charge in [-0.05, 0) is 44.7 Å². The maximum Gasteiger partial charge on any atom is 0.226 e. The van der Waals surface area contributed by atoms with E-state index in [2.05, 4.69) is 18.7 Å². The fourth-order valence-electron chi connectivity index (χ4n) is 5.77. The number of ether oxygens (including phenoxy) is 1. The summed E-state index contributed by atoms with van der Waals surface area (Å²) in [6, 6.07) is 8.08. The van der Waals surface area contributed by atoms with Crippen LogP contribution in [0.2, 0.25) is 0 Å². The molecule has 5 heteroatoms. The SMILES string of the molecule is CC(C)N1CCN(C(=O)[C@@H]2[C@@H]3CC[C@@]4(CC(=O)c5ccccc5O4)[C@H]32)CC1. The fourth-order valence-corrected chi connectivity index (χ4v) is 5.77. The summed E-state index contributed by atoms with van der Waals surface area (Å²) in [5.74, 6) is 1.84. The van der Waals surface area contributed by atoms with Gasteiger partial charge in [-0.3, -0.25) is 14.5 Å². The van der Waals surface area contributed by atoms with Crippen LogP contribution in [-0.4, -0.2) is 59.3 Å². The van der Waals surface area contributed by atoms with Gasteiger partial charge in [-0.2, -0.15) is 0 Å². The number of hydrogen-bond acceptors (Lipinski definition) is 4. The quantitative estimate of drug-likeness (QED) is 0.805. The molecule has 1 aromatic rings. The zero-order valence-corrected chi connectivity index (χ0v) is 16.2. The minimum Gasteiger partial charge on any atom is -0.486 e. The summed E-state index contributed by atoms with van der Waals surface area (Å²) in [5, 5.41) is 0. The predicted molar refractivity (Wildman–Crippen MR) is 102 cm³/mol. The Balaban J connectivity index is 1.31. The molecule has 0 radical (unpaired) electrons. The maximum atomic E-state index is 13.2. The average molecular weight is 368 g/mol. The van der Waals surface area contributed by atoms with E-state index in [-0.39, 0.29) is 17.6 Å². The van der Waals surface area contributed by atoms with Gasteiger partial charge in [0.15, 0.2) is 5.78 Å². The first kappa shape index (κ1) is 17.2. The third-order valence-corrected chi connectivity index (χ3v) is 7.28. The van der Waals surface area contributed by atoms with Crippen LogP contribution in [0.15, 0.2) is 24.3 Å². The smallest absolute Gasteiger partial charge is 0.226 e. The van der Waals surface area contributed by atoms with E-state index in [0.717, 1.165) is 39.0 Å². The number of fused-ring (bicyclic) bond motifs is 3. The van der Waals surface area contributed by atoms with Crippen molar-refractivity contribution in [2.75, 3.05) is 26.2 Å². The molecule has 2 aliphatic heterocycles. The molecule has 2 saturated carbocycles. The second-order valence-electron chi connectivity index (χ2n) is 8.97. The molecule has 1 aromatic carbocycles. The van der Waals surface area contributed by atoms with Gasteiger partial charge in [0.2, 0.25) is 5.91 Å². The maximum absolute atomic E-state index is 13.2. The Morgan fingerprint density at radius 3 is 2.67 bits per heavy atom. The molecule has 5 rings (SSSR count). The number of piperazine rings is 1. The van der Waals surface area contributed by atoms with E-state index in [4.69, 9.17) is 4.74 Å². The normalized spacial score (nSPS) is 35.1. The number of amides is 1. The molecular formula is C22H28N2O3. The van der Waals surface area contributed by atoms with Gasteiger partial charge in [0.25, 0.3) is 0 Å². The van der Waals surface area contributed by atoms with Gasteiger partial charge in [0, 0.05) is 44.1 Å². The number of rotatable bonds is 2. The van der Waals surface area contributed by atoms with Crippen LogP contribution in [0.3, 0.4) is 0 Å². The highest BCUT2D eigenvalue weighted by atomic mass is 16.5. The Labute approximate surface area is 160 Å². The van der Waals surface area contributed by atoms with Gasteiger partial charge < -0.3 is 9.64 Å². The zero-order chi connectivity index (χ0) is 18.8.